The third-order valence-electron chi connectivity index (χ3n) is 3.42. The molecule has 0 aromatic heterocycles. The van der Waals surface area contributed by atoms with Gasteiger partial charge in [-0.1, -0.05) is 24.3 Å². The van der Waals surface area contributed by atoms with Gasteiger partial charge >= 0.3 is 5.97 Å². The summed E-state index contributed by atoms with van der Waals surface area (Å²) in [6, 6.07) is 7.33. The van der Waals surface area contributed by atoms with Crippen molar-refractivity contribution in [3.8, 4) is 0 Å². The molecule has 0 saturated heterocycles. The summed E-state index contributed by atoms with van der Waals surface area (Å²) < 4.78 is 5.57. The highest BCUT2D eigenvalue weighted by Crippen LogP contribution is 2.32. The van der Waals surface area contributed by atoms with Gasteiger partial charge in [0.05, 0.1) is 0 Å². The minimum absolute atomic E-state index is 0.219. The van der Waals surface area contributed by atoms with E-state index in [0.717, 1.165) is 24.8 Å². The highest BCUT2D eigenvalue weighted by atomic mass is 32.1. The van der Waals surface area contributed by atoms with Gasteiger partial charge < -0.3 is 10.1 Å². The fourth-order valence-electron chi connectivity index (χ4n) is 2.48. The van der Waals surface area contributed by atoms with Crippen LogP contribution in [0.3, 0.4) is 0 Å². The number of aryl methyl sites for hydroxylation is 1. The van der Waals surface area contributed by atoms with Gasteiger partial charge in [0, 0.05) is 12.7 Å². The van der Waals surface area contributed by atoms with Crippen molar-refractivity contribution in [3.63, 3.8) is 0 Å². The van der Waals surface area contributed by atoms with E-state index in [2.05, 4.69) is 24.0 Å². The maximum Gasteiger partial charge on any atom is 0.330 e. The topological polar surface area (TPSA) is 55.4 Å². The van der Waals surface area contributed by atoms with Crippen molar-refractivity contribution >= 4 is 24.5 Å². The molecule has 0 fully saturated rings. The Bertz CT molecular complexity index is 504. The fourth-order valence-corrected chi connectivity index (χ4v) is 2.72. The van der Waals surface area contributed by atoms with Gasteiger partial charge in [-0.3, -0.25) is 4.79 Å². The van der Waals surface area contributed by atoms with Crippen LogP contribution in [-0.4, -0.2) is 23.7 Å². The Morgan fingerprint density at radius 3 is 2.90 bits per heavy atom. The molecule has 2 atom stereocenters. The minimum atomic E-state index is -0.690. The summed E-state index contributed by atoms with van der Waals surface area (Å²) in [6.45, 7) is 1.37. The Balaban J connectivity index is 2.07. The third kappa shape index (κ3) is 3.54. The minimum Gasteiger partial charge on any atom is -0.456 e. The van der Waals surface area contributed by atoms with Crippen molar-refractivity contribution in [1.82, 2.24) is 5.32 Å². The monoisotopic (exact) mass is 293 g/mol. The van der Waals surface area contributed by atoms with Crippen molar-refractivity contribution in [2.75, 3.05) is 5.75 Å². The van der Waals surface area contributed by atoms with Crippen LogP contribution < -0.4 is 5.32 Å². The standard InChI is InChI=1S/C15H19NO3S/c1-10(17)16-13(9-20)15(18)19-14-8-4-6-11-5-2-3-7-12(11)14/h2-3,5,7,13-14,20H,4,6,8-9H2,1H3,(H,16,17)/t13-,14?/m0/s1. The molecule has 0 bridgehead atoms. The second kappa shape index (κ2) is 6.79. The van der Waals surface area contributed by atoms with E-state index in [-0.39, 0.29) is 17.8 Å². The van der Waals surface area contributed by atoms with Gasteiger partial charge in [-0.15, -0.1) is 0 Å². The molecule has 0 spiro atoms. The van der Waals surface area contributed by atoms with Crippen molar-refractivity contribution in [3.05, 3.63) is 35.4 Å². The Morgan fingerprint density at radius 1 is 1.45 bits per heavy atom. The first-order valence-electron chi connectivity index (χ1n) is 6.78. The molecule has 0 radical (unpaired) electrons. The summed E-state index contributed by atoms with van der Waals surface area (Å²) in [5.74, 6) is -0.450. The molecule has 5 heteroatoms. The van der Waals surface area contributed by atoms with Gasteiger partial charge in [0.2, 0.25) is 5.91 Å². The normalized spacial score (nSPS) is 18.8. The number of carbonyl (C=O) groups excluding carboxylic acids is 2. The van der Waals surface area contributed by atoms with E-state index in [1.165, 1.54) is 12.5 Å². The number of hydrogen-bond donors (Lipinski definition) is 2. The second-order valence-corrected chi connectivity index (χ2v) is 5.32. The summed E-state index contributed by atoms with van der Waals surface area (Å²) in [6.07, 6.45) is 2.62. The molecule has 1 aromatic carbocycles. The van der Waals surface area contributed by atoms with Gasteiger partial charge in [0.15, 0.2) is 0 Å². The van der Waals surface area contributed by atoms with E-state index >= 15 is 0 Å². The number of benzene rings is 1. The molecule has 1 aliphatic rings. The first-order chi connectivity index (χ1) is 9.61. The van der Waals surface area contributed by atoms with Crippen LogP contribution in [0.4, 0.5) is 0 Å². The zero-order valence-electron chi connectivity index (χ0n) is 11.5. The lowest BCUT2D eigenvalue weighted by atomic mass is 9.89. The number of nitrogens with one attached hydrogen (secondary N) is 1. The maximum absolute atomic E-state index is 12.1. The highest BCUT2D eigenvalue weighted by Gasteiger charge is 2.27. The summed E-state index contributed by atoms with van der Waals surface area (Å²) in [5, 5.41) is 2.55. The van der Waals surface area contributed by atoms with E-state index in [0.29, 0.717) is 0 Å². The van der Waals surface area contributed by atoms with Gasteiger partial charge in [0.25, 0.3) is 0 Å². The van der Waals surface area contributed by atoms with Crippen molar-refractivity contribution in [2.45, 2.75) is 38.3 Å². The number of fused-ring (bicyclic) bond motifs is 1. The number of esters is 1. The Hall–Kier alpha value is -1.49. The number of thiol groups is 1. The predicted octanol–water partition coefficient (Wildman–Crippen LogP) is 2.04. The number of hydrogen-bond acceptors (Lipinski definition) is 4. The molecule has 0 heterocycles. The van der Waals surface area contributed by atoms with Crippen LogP contribution in [0, 0.1) is 0 Å². The molecule has 20 heavy (non-hydrogen) atoms. The quantitative estimate of drug-likeness (QED) is 0.660. The molecular formula is C15H19NO3S. The summed E-state index contributed by atoms with van der Waals surface area (Å²) >= 11 is 4.09. The molecule has 1 N–H and O–H groups in total. The van der Waals surface area contributed by atoms with Crippen LogP contribution in [0.1, 0.15) is 37.0 Å². The second-order valence-electron chi connectivity index (χ2n) is 4.95. The lowest BCUT2D eigenvalue weighted by Gasteiger charge is -2.27. The molecule has 0 saturated carbocycles. The van der Waals surface area contributed by atoms with Gasteiger partial charge in [-0.05, 0) is 30.4 Å². The van der Waals surface area contributed by atoms with Gasteiger partial charge in [-0.2, -0.15) is 12.6 Å². The molecule has 4 nitrogen and oxygen atoms in total. The summed E-state index contributed by atoms with van der Waals surface area (Å²) in [5.41, 5.74) is 2.31. The molecule has 1 aromatic rings. The SMILES string of the molecule is CC(=O)N[C@@H](CS)C(=O)OC1CCCc2ccccc21. The lowest BCUT2D eigenvalue weighted by Crippen LogP contribution is -2.42. The van der Waals surface area contributed by atoms with E-state index < -0.39 is 12.0 Å². The molecular weight excluding hydrogens is 274 g/mol. The number of ether oxygens (including phenoxy) is 1. The molecule has 108 valence electrons. The average Bonchev–Trinajstić information content (AvgIpc) is 2.45. The van der Waals surface area contributed by atoms with Crippen LogP contribution >= 0.6 is 12.6 Å². The Kier molecular flexibility index (Phi) is 5.06. The number of amides is 1. The van der Waals surface area contributed by atoms with E-state index in [1.54, 1.807) is 0 Å². The van der Waals surface area contributed by atoms with Crippen molar-refractivity contribution in [1.29, 1.82) is 0 Å². The van der Waals surface area contributed by atoms with Crippen LogP contribution in [0.15, 0.2) is 24.3 Å². The first-order valence-corrected chi connectivity index (χ1v) is 7.41. The third-order valence-corrected chi connectivity index (χ3v) is 3.78. The first kappa shape index (κ1) is 14.9. The molecule has 0 aliphatic heterocycles. The Labute approximate surface area is 124 Å². The summed E-state index contributed by atoms with van der Waals surface area (Å²) in [4.78, 5) is 23.2. The molecule has 2 rings (SSSR count). The van der Waals surface area contributed by atoms with Crippen LogP contribution in [-0.2, 0) is 20.7 Å². The summed E-state index contributed by atoms with van der Waals surface area (Å²) in [7, 11) is 0. The average molecular weight is 293 g/mol. The van der Waals surface area contributed by atoms with Crippen LogP contribution in [0.25, 0.3) is 0 Å². The van der Waals surface area contributed by atoms with Gasteiger partial charge in [0.1, 0.15) is 12.1 Å². The zero-order valence-corrected chi connectivity index (χ0v) is 12.4. The van der Waals surface area contributed by atoms with E-state index in [4.69, 9.17) is 4.74 Å². The van der Waals surface area contributed by atoms with Crippen LogP contribution in [0.5, 0.6) is 0 Å². The van der Waals surface area contributed by atoms with Crippen LogP contribution in [0.2, 0.25) is 0 Å². The predicted molar refractivity (Wildman–Crippen MR) is 79.7 cm³/mol. The zero-order chi connectivity index (χ0) is 14.5. The van der Waals surface area contributed by atoms with Crippen molar-refractivity contribution < 1.29 is 14.3 Å². The molecule has 1 amide bonds. The lowest BCUT2D eigenvalue weighted by molar-refractivity contribution is -0.153. The Morgan fingerprint density at radius 2 is 2.20 bits per heavy atom. The fraction of sp³-hybridized carbons (Fsp3) is 0.467. The van der Waals surface area contributed by atoms with Gasteiger partial charge in [-0.25, -0.2) is 4.79 Å². The van der Waals surface area contributed by atoms with E-state index in [1.807, 2.05) is 18.2 Å². The van der Waals surface area contributed by atoms with Crippen molar-refractivity contribution in [2.24, 2.45) is 0 Å². The smallest absolute Gasteiger partial charge is 0.330 e. The maximum atomic E-state index is 12.1. The van der Waals surface area contributed by atoms with E-state index in [9.17, 15) is 9.59 Å². The number of rotatable bonds is 4. The number of carbonyl (C=O) groups is 2. The highest BCUT2D eigenvalue weighted by molar-refractivity contribution is 7.80. The molecule has 1 unspecified atom stereocenters. The molecule has 1 aliphatic carbocycles. The largest absolute Gasteiger partial charge is 0.456 e.